The molecule has 0 aliphatic rings. The fraction of sp³-hybridized carbons (Fsp3) is 0.182. The zero-order valence-corrected chi connectivity index (χ0v) is 9.41. The number of carbonyl (C=O) groups is 1. The van der Waals surface area contributed by atoms with Crippen LogP contribution in [0.5, 0.6) is 5.75 Å². The van der Waals surface area contributed by atoms with Gasteiger partial charge < -0.3 is 9.84 Å². The van der Waals surface area contributed by atoms with Gasteiger partial charge in [-0.25, -0.2) is 4.79 Å². The highest BCUT2D eigenvalue weighted by atomic mass is 32.1. The Labute approximate surface area is 93.8 Å². The first-order valence-corrected chi connectivity index (χ1v) is 4.78. The van der Waals surface area contributed by atoms with Crippen LogP contribution in [0.15, 0.2) is 23.1 Å². The highest BCUT2D eigenvalue weighted by Gasteiger charge is 2.03. The summed E-state index contributed by atoms with van der Waals surface area (Å²) in [5.41, 5.74) is 1.77. The van der Waals surface area contributed by atoms with E-state index in [1.807, 2.05) is 19.1 Å². The third-order valence-electron chi connectivity index (χ3n) is 2.00. The number of methoxy groups -OCH3 is 1. The molecule has 3 nitrogen and oxygen atoms in total. The van der Waals surface area contributed by atoms with Crippen LogP contribution in [0.25, 0.3) is 6.08 Å². The first-order chi connectivity index (χ1) is 7.04. The van der Waals surface area contributed by atoms with E-state index < -0.39 is 5.97 Å². The maximum Gasteiger partial charge on any atom is 0.341 e. The summed E-state index contributed by atoms with van der Waals surface area (Å²) >= 11 is 3.87. The summed E-state index contributed by atoms with van der Waals surface area (Å²) in [4.78, 5) is 10.6. The second kappa shape index (κ2) is 4.89. The number of aryl methyl sites for hydroxylation is 1. The maximum absolute atomic E-state index is 10.6. The van der Waals surface area contributed by atoms with Gasteiger partial charge in [-0.15, -0.1) is 12.6 Å². The molecule has 0 aliphatic heterocycles. The molecule has 0 fully saturated rings. The van der Waals surface area contributed by atoms with Crippen molar-refractivity contribution in [1.82, 2.24) is 0 Å². The molecule has 0 unspecified atom stereocenters. The molecule has 0 aliphatic carbocycles. The zero-order valence-electron chi connectivity index (χ0n) is 8.52. The summed E-state index contributed by atoms with van der Waals surface area (Å²) in [6.07, 6.45) is 1.50. The topological polar surface area (TPSA) is 46.5 Å². The van der Waals surface area contributed by atoms with E-state index in [-0.39, 0.29) is 4.91 Å². The molecule has 1 aromatic rings. The van der Waals surface area contributed by atoms with Crippen molar-refractivity contribution in [3.8, 4) is 5.75 Å². The van der Waals surface area contributed by atoms with Crippen LogP contribution in [0, 0.1) is 6.92 Å². The quantitative estimate of drug-likeness (QED) is 0.612. The normalized spacial score (nSPS) is 11.3. The molecule has 0 saturated heterocycles. The van der Waals surface area contributed by atoms with E-state index in [0.717, 1.165) is 11.1 Å². The van der Waals surface area contributed by atoms with Crippen molar-refractivity contribution in [2.75, 3.05) is 7.11 Å². The fourth-order valence-corrected chi connectivity index (χ4v) is 1.25. The first-order valence-electron chi connectivity index (χ1n) is 4.33. The highest BCUT2D eigenvalue weighted by Crippen LogP contribution is 2.20. The fourth-order valence-electron chi connectivity index (χ4n) is 1.11. The zero-order chi connectivity index (χ0) is 11.4. The number of benzene rings is 1. The lowest BCUT2D eigenvalue weighted by molar-refractivity contribution is -0.131. The second-order valence-electron chi connectivity index (χ2n) is 3.06. The van der Waals surface area contributed by atoms with Crippen LogP contribution in [0.1, 0.15) is 11.1 Å². The van der Waals surface area contributed by atoms with Gasteiger partial charge in [0.25, 0.3) is 0 Å². The smallest absolute Gasteiger partial charge is 0.341 e. The second-order valence-corrected chi connectivity index (χ2v) is 3.54. The number of aliphatic carboxylic acids is 1. The lowest BCUT2D eigenvalue weighted by Gasteiger charge is -2.04. The number of thiol groups is 1. The molecule has 0 atom stereocenters. The maximum atomic E-state index is 10.6. The molecule has 0 bridgehead atoms. The first kappa shape index (κ1) is 11.7. The number of carboxylic acid groups (broad SMARTS) is 1. The number of hydrogen-bond donors (Lipinski definition) is 2. The van der Waals surface area contributed by atoms with Gasteiger partial charge in [-0.1, -0.05) is 6.07 Å². The molecule has 0 amide bonds. The van der Waals surface area contributed by atoms with E-state index in [0.29, 0.717) is 5.75 Å². The van der Waals surface area contributed by atoms with Gasteiger partial charge in [0.15, 0.2) is 0 Å². The minimum atomic E-state index is -1.04. The van der Waals surface area contributed by atoms with E-state index >= 15 is 0 Å². The van der Waals surface area contributed by atoms with E-state index in [1.165, 1.54) is 6.08 Å². The standard InChI is InChI=1S/C11H12O3S/c1-7-3-4-9(14-2)5-8(7)6-10(15)11(12)13/h3-6,15H,1-2H3,(H,12,13). The van der Waals surface area contributed by atoms with Crippen molar-refractivity contribution < 1.29 is 14.6 Å². The summed E-state index contributed by atoms with van der Waals surface area (Å²) < 4.78 is 5.05. The summed E-state index contributed by atoms with van der Waals surface area (Å²) in [5.74, 6) is -0.348. The lowest BCUT2D eigenvalue weighted by Crippen LogP contribution is -1.94. The van der Waals surface area contributed by atoms with Crippen molar-refractivity contribution in [3.05, 3.63) is 34.2 Å². The number of hydrogen-bond acceptors (Lipinski definition) is 3. The third kappa shape index (κ3) is 3.02. The predicted molar refractivity (Wildman–Crippen MR) is 62.3 cm³/mol. The van der Waals surface area contributed by atoms with E-state index in [4.69, 9.17) is 9.84 Å². The van der Waals surface area contributed by atoms with E-state index in [9.17, 15) is 4.79 Å². The SMILES string of the molecule is COc1ccc(C)c(C=C(S)C(=O)O)c1. The van der Waals surface area contributed by atoms with E-state index in [2.05, 4.69) is 12.6 Å². The lowest BCUT2D eigenvalue weighted by atomic mass is 10.1. The van der Waals surface area contributed by atoms with Gasteiger partial charge in [0.1, 0.15) is 5.75 Å². The van der Waals surface area contributed by atoms with Crippen LogP contribution in [0.3, 0.4) is 0 Å². The molecule has 0 saturated carbocycles. The molecule has 0 heterocycles. The number of carboxylic acids is 1. The molecule has 0 spiro atoms. The van der Waals surface area contributed by atoms with Gasteiger partial charge in [0.2, 0.25) is 0 Å². The Morgan fingerprint density at radius 1 is 1.53 bits per heavy atom. The minimum Gasteiger partial charge on any atom is -0.497 e. The summed E-state index contributed by atoms with van der Waals surface area (Å²) in [5, 5.41) is 8.68. The molecule has 4 heteroatoms. The Morgan fingerprint density at radius 3 is 2.73 bits per heavy atom. The predicted octanol–water partition coefficient (Wildman–Crippen LogP) is 2.36. The molecule has 1 aromatic carbocycles. The highest BCUT2D eigenvalue weighted by molar-refractivity contribution is 7.85. The van der Waals surface area contributed by atoms with Crippen LogP contribution in [-0.4, -0.2) is 18.2 Å². The van der Waals surface area contributed by atoms with Gasteiger partial charge in [-0.05, 0) is 36.3 Å². The van der Waals surface area contributed by atoms with Crippen LogP contribution in [0.2, 0.25) is 0 Å². The Kier molecular flexibility index (Phi) is 3.80. The van der Waals surface area contributed by atoms with Crippen LogP contribution >= 0.6 is 12.6 Å². The molecule has 80 valence electrons. The van der Waals surface area contributed by atoms with Crippen molar-refractivity contribution in [1.29, 1.82) is 0 Å². The van der Waals surface area contributed by atoms with Crippen LogP contribution < -0.4 is 4.74 Å². The molecule has 0 aromatic heterocycles. The minimum absolute atomic E-state index is 0.00588. The molecular formula is C11H12O3S. The van der Waals surface area contributed by atoms with Gasteiger partial charge in [-0.2, -0.15) is 0 Å². The van der Waals surface area contributed by atoms with E-state index in [1.54, 1.807) is 13.2 Å². The average Bonchev–Trinajstić information content (AvgIpc) is 2.21. The Morgan fingerprint density at radius 2 is 2.20 bits per heavy atom. The van der Waals surface area contributed by atoms with Crippen molar-refractivity contribution >= 4 is 24.7 Å². The summed E-state index contributed by atoms with van der Waals surface area (Å²) in [7, 11) is 1.57. The van der Waals surface area contributed by atoms with Crippen molar-refractivity contribution in [3.63, 3.8) is 0 Å². The van der Waals surface area contributed by atoms with Gasteiger partial charge in [0.05, 0.1) is 12.0 Å². The summed E-state index contributed by atoms with van der Waals surface area (Å²) in [6.45, 7) is 1.90. The van der Waals surface area contributed by atoms with Gasteiger partial charge in [0, 0.05) is 0 Å². The molecule has 1 N–H and O–H groups in total. The van der Waals surface area contributed by atoms with Gasteiger partial charge in [-0.3, -0.25) is 0 Å². The molecule has 15 heavy (non-hydrogen) atoms. The van der Waals surface area contributed by atoms with Crippen LogP contribution in [-0.2, 0) is 4.79 Å². The van der Waals surface area contributed by atoms with Crippen LogP contribution in [0.4, 0.5) is 0 Å². The average molecular weight is 224 g/mol. The Bertz CT molecular complexity index is 410. The van der Waals surface area contributed by atoms with Crippen molar-refractivity contribution in [2.45, 2.75) is 6.92 Å². The molecule has 0 radical (unpaired) electrons. The Balaban J connectivity index is 3.13. The third-order valence-corrected chi connectivity index (χ3v) is 2.32. The summed E-state index contributed by atoms with van der Waals surface area (Å²) in [6, 6.07) is 5.47. The number of rotatable bonds is 3. The molecule has 1 rings (SSSR count). The van der Waals surface area contributed by atoms with Gasteiger partial charge >= 0.3 is 5.97 Å². The monoisotopic (exact) mass is 224 g/mol. The molecular weight excluding hydrogens is 212 g/mol. The van der Waals surface area contributed by atoms with Crippen molar-refractivity contribution in [2.24, 2.45) is 0 Å². The largest absolute Gasteiger partial charge is 0.497 e. The Hall–Kier alpha value is -1.42. The number of ether oxygens (including phenoxy) is 1.